The lowest BCUT2D eigenvalue weighted by atomic mass is 9.68. The molecule has 0 radical (unpaired) electrons. The second-order valence-corrected chi connectivity index (χ2v) is 8.40. The number of halogens is 5. The van der Waals surface area contributed by atoms with Gasteiger partial charge in [-0.05, 0) is 17.3 Å². The van der Waals surface area contributed by atoms with Gasteiger partial charge in [-0.15, -0.1) is 0 Å². The number of hydrogen-bond acceptors (Lipinski definition) is 4. The molecule has 0 aromatic rings. The molecule has 0 heterocycles. The third-order valence-electron chi connectivity index (χ3n) is 5.23. The highest BCUT2D eigenvalue weighted by molar-refractivity contribution is 5.74. The molecule has 0 amide bonds. The van der Waals surface area contributed by atoms with Gasteiger partial charge < -0.3 is 9.47 Å². The van der Waals surface area contributed by atoms with E-state index >= 15 is 0 Å². The SMILES string of the molecule is CCC(C)(C)CC(C(=O)OCCC(=O)OCC(F)(F)C(F)(F)F)C(C)(C)CC. The molecular weight excluding hydrogens is 387 g/mol. The van der Waals surface area contributed by atoms with Crippen molar-refractivity contribution in [3.8, 4) is 0 Å². The molecular formula is C19H31F5O4. The van der Waals surface area contributed by atoms with Gasteiger partial charge in [-0.1, -0.05) is 54.4 Å². The van der Waals surface area contributed by atoms with Crippen LogP contribution in [0.2, 0.25) is 0 Å². The van der Waals surface area contributed by atoms with Crippen molar-refractivity contribution in [2.45, 2.75) is 79.3 Å². The molecule has 0 N–H and O–H groups in total. The first-order chi connectivity index (χ1) is 12.5. The predicted octanol–water partition coefficient (Wildman–Crippen LogP) is 5.54. The van der Waals surface area contributed by atoms with Crippen LogP contribution in [0.1, 0.15) is 67.2 Å². The van der Waals surface area contributed by atoms with Crippen molar-refractivity contribution in [3.63, 3.8) is 0 Å². The van der Waals surface area contributed by atoms with Crippen molar-refractivity contribution in [2.75, 3.05) is 13.2 Å². The van der Waals surface area contributed by atoms with Gasteiger partial charge in [0.2, 0.25) is 0 Å². The van der Waals surface area contributed by atoms with E-state index in [1.165, 1.54) is 0 Å². The Kier molecular flexibility index (Phi) is 9.38. The van der Waals surface area contributed by atoms with Crippen LogP contribution in [0.25, 0.3) is 0 Å². The second kappa shape index (κ2) is 9.87. The minimum Gasteiger partial charge on any atom is -0.465 e. The number of rotatable bonds is 11. The van der Waals surface area contributed by atoms with Crippen LogP contribution in [0.3, 0.4) is 0 Å². The number of alkyl halides is 5. The second-order valence-electron chi connectivity index (χ2n) is 8.40. The van der Waals surface area contributed by atoms with Crippen molar-refractivity contribution in [2.24, 2.45) is 16.7 Å². The summed E-state index contributed by atoms with van der Waals surface area (Å²) in [6.07, 6.45) is -4.29. The molecule has 4 nitrogen and oxygen atoms in total. The summed E-state index contributed by atoms with van der Waals surface area (Å²) in [6, 6.07) is 0. The predicted molar refractivity (Wildman–Crippen MR) is 93.8 cm³/mol. The van der Waals surface area contributed by atoms with Gasteiger partial charge in [0.05, 0.1) is 12.3 Å². The Morgan fingerprint density at radius 2 is 1.43 bits per heavy atom. The van der Waals surface area contributed by atoms with Crippen molar-refractivity contribution in [3.05, 3.63) is 0 Å². The zero-order valence-electron chi connectivity index (χ0n) is 17.3. The molecule has 0 saturated heterocycles. The van der Waals surface area contributed by atoms with E-state index < -0.39 is 49.6 Å². The molecule has 28 heavy (non-hydrogen) atoms. The zero-order chi connectivity index (χ0) is 22.4. The molecule has 0 aliphatic carbocycles. The smallest absolute Gasteiger partial charge is 0.456 e. The first-order valence-corrected chi connectivity index (χ1v) is 9.26. The highest BCUT2D eigenvalue weighted by atomic mass is 19.4. The maximum Gasteiger partial charge on any atom is 0.456 e. The first-order valence-electron chi connectivity index (χ1n) is 9.26. The van der Waals surface area contributed by atoms with Crippen LogP contribution >= 0.6 is 0 Å². The van der Waals surface area contributed by atoms with Gasteiger partial charge in [-0.2, -0.15) is 22.0 Å². The standard InChI is InChI=1S/C19H31F5O4/c1-7-16(3,4)11-13(17(5,6)8-2)15(26)27-10-9-14(25)28-12-18(20,21)19(22,23)24/h13H,7-12H2,1-6H3. The summed E-state index contributed by atoms with van der Waals surface area (Å²) in [4.78, 5) is 23.9. The lowest BCUT2D eigenvalue weighted by Crippen LogP contribution is -2.41. The van der Waals surface area contributed by atoms with E-state index in [1.807, 2.05) is 41.5 Å². The molecule has 1 atom stereocenters. The van der Waals surface area contributed by atoms with E-state index in [0.29, 0.717) is 12.8 Å². The summed E-state index contributed by atoms with van der Waals surface area (Å²) in [5.41, 5.74) is -0.475. The van der Waals surface area contributed by atoms with Crippen LogP contribution in [-0.4, -0.2) is 37.3 Å². The van der Waals surface area contributed by atoms with Crippen LogP contribution in [0.15, 0.2) is 0 Å². The molecule has 0 bridgehead atoms. The van der Waals surface area contributed by atoms with E-state index in [9.17, 15) is 31.5 Å². The van der Waals surface area contributed by atoms with E-state index in [0.717, 1.165) is 6.42 Å². The minimum atomic E-state index is -5.80. The third kappa shape index (κ3) is 8.31. The first kappa shape index (κ1) is 26.6. The minimum absolute atomic E-state index is 0.113. The molecule has 166 valence electrons. The molecule has 9 heteroatoms. The topological polar surface area (TPSA) is 52.6 Å². The fourth-order valence-electron chi connectivity index (χ4n) is 2.28. The van der Waals surface area contributed by atoms with E-state index in [2.05, 4.69) is 4.74 Å². The van der Waals surface area contributed by atoms with Crippen LogP contribution in [0, 0.1) is 16.7 Å². The monoisotopic (exact) mass is 418 g/mol. The summed E-state index contributed by atoms with van der Waals surface area (Å²) in [5.74, 6) is -7.39. The fourth-order valence-corrected chi connectivity index (χ4v) is 2.28. The summed E-state index contributed by atoms with van der Waals surface area (Å²) < 4.78 is 70.6. The largest absolute Gasteiger partial charge is 0.465 e. The molecule has 0 aliphatic heterocycles. The average Bonchev–Trinajstić information content (AvgIpc) is 2.56. The summed E-state index contributed by atoms with van der Waals surface area (Å²) in [7, 11) is 0. The zero-order valence-corrected chi connectivity index (χ0v) is 17.3. The summed E-state index contributed by atoms with van der Waals surface area (Å²) in [5, 5.41) is 0. The maximum absolute atomic E-state index is 12.7. The molecule has 0 spiro atoms. The Morgan fingerprint density at radius 1 is 0.893 bits per heavy atom. The molecule has 1 unspecified atom stereocenters. The van der Waals surface area contributed by atoms with Gasteiger partial charge in [-0.25, -0.2) is 0 Å². The molecule has 0 saturated carbocycles. The lowest BCUT2D eigenvalue weighted by molar-refractivity contribution is -0.294. The normalized spacial score (nSPS) is 14.5. The highest BCUT2D eigenvalue weighted by Crippen LogP contribution is 2.41. The number of ether oxygens (including phenoxy) is 2. The number of esters is 2. The quantitative estimate of drug-likeness (QED) is 0.327. The number of carbonyl (C=O) groups excluding carboxylic acids is 2. The molecule has 0 rings (SSSR count). The fraction of sp³-hybridized carbons (Fsp3) is 0.895. The van der Waals surface area contributed by atoms with Gasteiger partial charge in [-0.3, -0.25) is 9.59 Å². The molecule has 0 aromatic heterocycles. The van der Waals surface area contributed by atoms with Crippen LogP contribution in [0.5, 0.6) is 0 Å². The maximum atomic E-state index is 12.7. The Morgan fingerprint density at radius 3 is 1.86 bits per heavy atom. The third-order valence-corrected chi connectivity index (χ3v) is 5.23. The Balaban J connectivity index is 4.73. The Bertz CT molecular complexity index is 527. The van der Waals surface area contributed by atoms with Gasteiger partial charge in [0, 0.05) is 0 Å². The van der Waals surface area contributed by atoms with Gasteiger partial charge >= 0.3 is 24.0 Å². The van der Waals surface area contributed by atoms with Crippen molar-refractivity contribution in [1.82, 2.24) is 0 Å². The Hall–Kier alpha value is -1.41. The molecule has 0 aliphatic rings. The van der Waals surface area contributed by atoms with Crippen molar-refractivity contribution < 1.29 is 41.0 Å². The van der Waals surface area contributed by atoms with Crippen molar-refractivity contribution >= 4 is 11.9 Å². The number of carbonyl (C=O) groups is 2. The van der Waals surface area contributed by atoms with E-state index in [-0.39, 0.29) is 10.8 Å². The van der Waals surface area contributed by atoms with Gasteiger partial charge in [0.15, 0.2) is 6.61 Å². The van der Waals surface area contributed by atoms with E-state index in [4.69, 9.17) is 4.74 Å². The molecule has 0 fully saturated rings. The van der Waals surface area contributed by atoms with Crippen LogP contribution in [0.4, 0.5) is 22.0 Å². The summed E-state index contributed by atoms with van der Waals surface area (Å²) in [6.45, 7) is 9.31. The lowest BCUT2D eigenvalue weighted by Gasteiger charge is -2.37. The molecule has 0 aromatic carbocycles. The van der Waals surface area contributed by atoms with Gasteiger partial charge in [0.1, 0.15) is 6.61 Å². The van der Waals surface area contributed by atoms with Gasteiger partial charge in [0.25, 0.3) is 0 Å². The summed E-state index contributed by atoms with van der Waals surface area (Å²) >= 11 is 0. The number of hydrogen-bond donors (Lipinski definition) is 0. The van der Waals surface area contributed by atoms with E-state index in [1.54, 1.807) is 0 Å². The highest BCUT2D eigenvalue weighted by Gasteiger charge is 2.58. The van der Waals surface area contributed by atoms with Crippen molar-refractivity contribution in [1.29, 1.82) is 0 Å². The average molecular weight is 418 g/mol. The van der Waals surface area contributed by atoms with Crippen LogP contribution in [-0.2, 0) is 19.1 Å². The Labute approximate surface area is 163 Å². The van der Waals surface area contributed by atoms with Crippen LogP contribution < -0.4 is 0 Å².